The molecule has 0 saturated heterocycles. The quantitative estimate of drug-likeness (QED) is 0.777. The van der Waals surface area contributed by atoms with Crippen molar-refractivity contribution >= 4 is 5.97 Å². The Hall–Kier alpha value is -1.38. The fourth-order valence-corrected chi connectivity index (χ4v) is 1.10. The van der Waals surface area contributed by atoms with Crippen molar-refractivity contribution in [3.05, 3.63) is 35.1 Å². The predicted octanol–water partition coefficient (Wildman–Crippen LogP) is 2.15. The number of benzene rings is 1. The van der Waals surface area contributed by atoms with Gasteiger partial charge in [0.1, 0.15) is 5.82 Å². The van der Waals surface area contributed by atoms with Crippen LogP contribution in [-0.4, -0.2) is 11.1 Å². The van der Waals surface area contributed by atoms with E-state index in [4.69, 9.17) is 5.11 Å². The van der Waals surface area contributed by atoms with E-state index >= 15 is 0 Å². The molecule has 0 bridgehead atoms. The van der Waals surface area contributed by atoms with Gasteiger partial charge in [-0.2, -0.15) is 0 Å². The van der Waals surface area contributed by atoms with E-state index in [0.29, 0.717) is 5.56 Å². The summed E-state index contributed by atoms with van der Waals surface area (Å²) in [5.74, 6) is -1.22. The molecule has 13 heavy (non-hydrogen) atoms. The van der Waals surface area contributed by atoms with Crippen molar-refractivity contribution in [3.8, 4) is 0 Å². The molecule has 0 aliphatic carbocycles. The number of halogens is 1. The molecule has 0 atom stereocenters. The number of aliphatic carboxylic acids is 1. The van der Waals surface area contributed by atoms with E-state index in [1.165, 1.54) is 6.07 Å². The van der Waals surface area contributed by atoms with E-state index < -0.39 is 5.97 Å². The first-order valence-electron chi connectivity index (χ1n) is 4.06. The van der Waals surface area contributed by atoms with Crippen LogP contribution in [-0.2, 0) is 11.2 Å². The molecule has 1 aromatic rings. The Bertz CT molecular complexity index is 321. The van der Waals surface area contributed by atoms with E-state index in [0.717, 1.165) is 5.56 Å². The molecule has 0 saturated carbocycles. The van der Waals surface area contributed by atoms with Crippen LogP contribution < -0.4 is 0 Å². The molecule has 0 aliphatic heterocycles. The lowest BCUT2D eigenvalue weighted by atomic mass is 10.1. The molecule has 0 aliphatic rings. The summed E-state index contributed by atoms with van der Waals surface area (Å²) in [5, 5.41) is 8.40. The highest BCUT2D eigenvalue weighted by atomic mass is 19.1. The normalized spacial score (nSPS) is 10.0. The van der Waals surface area contributed by atoms with Crippen molar-refractivity contribution in [1.29, 1.82) is 0 Å². The Morgan fingerprint density at radius 2 is 2.23 bits per heavy atom. The summed E-state index contributed by atoms with van der Waals surface area (Å²) in [4.78, 5) is 10.2. The van der Waals surface area contributed by atoms with Crippen LogP contribution in [0.25, 0.3) is 0 Å². The van der Waals surface area contributed by atoms with E-state index in [1.54, 1.807) is 19.1 Å². The Balaban J connectivity index is 2.72. The summed E-state index contributed by atoms with van der Waals surface area (Å²) in [5.41, 5.74) is 1.31. The summed E-state index contributed by atoms with van der Waals surface area (Å²) in [6.07, 6.45) is 0.224. The average molecular weight is 182 g/mol. The Kier molecular flexibility index (Phi) is 3.01. The third-order valence-corrected chi connectivity index (χ3v) is 1.82. The Labute approximate surface area is 76.0 Å². The van der Waals surface area contributed by atoms with Gasteiger partial charge in [0.25, 0.3) is 0 Å². The lowest BCUT2D eigenvalue weighted by molar-refractivity contribution is -0.136. The molecule has 1 rings (SSSR count). The SMILES string of the molecule is Cc1ccc(CCC(=O)O)c(F)c1. The second kappa shape index (κ2) is 4.03. The summed E-state index contributed by atoms with van der Waals surface area (Å²) in [6, 6.07) is 4.82. The van der Waals surface area contributed by atoms with Crippen molar-refractivity contribution in [3.63, 3.8) is 0 Å². The molecule has 0 radical (unpaired) electrons. The van der Waals surface area contributed by atoms with Crippen LogP contribution in [0, 0.1) is 12.7 Å². The predicted molar refractivity (Wildman–Crippen MR) is 47.1 cm³/mol. The van der Waals surface area contributed by atoms with Gasteiger partial charge in [-0.1, -0.05) is 12.1 Å². The fraction of sp³-hybridized carbons (Fsp3) is 0.300. The molecule has 2 nitrogen and oxygen atoms in total. The highest BCUT2D eigenvalue weighted by Crippen LogP contribution is 2.11. The third kappa shape index (κ3) is 2.86. The maximum Gasteiger partial charge on any atom is 0.303 e. The lowest BCUT2D eigenvalue weighted by Crippen LogP contribution is -1.99. The van der Waals surface area contributed by atoms with E-state index in [2.05, 4.69) is 0 Å². The zero-order chi connectivity index (χ0) is 9.84. The van der Waals surface area contributed by atoms with Gasteiger partial charge in [-0.15, -0.1) is 0 Å². The second-order valence-electron chi connectivity index (χ2n) is 2.99. The number of hydrogen-bond acceptors (Lipinski definition) is 1. The minimum atomic E-state index is -0.903. The minimum Gasteiger partial charge on any atom is -0.481 e. The van der Waals surface area contributed by atoms with Crippen LogP contribution in [0.1, 0.15) is 17.5 Å². The van der Waals surface area contributed by atoms with Gasteiger partial charge in [0.05, 0.1) is 0 Å². The maximum absolute atomic E-state index is 13.1. The molecular formula is C10H11FO2. The van der Waals surface area contributed by atoms with E-state index in [1.807, 2.05) is 0 Å². The minimum absolute atomic E-state index is 0.0278. The van der Waals surface area contributed by atoms with Crippen molar-refractivity contribution in [2.24, 2.45) is 0 Å². The molecule has 0 amide bonds. The number of carbonyl (C=O) groups is 1. The first-order chi connectivity index (χ1) is 6.09. The van der Waals surface area contributed by atoms with Crippen molar-refractivity contribution in [1.82, 2.24) is 0 Å². The highest BCUT2D eigenvalue weighted by molar-refractivity contribution is 5.67. The zero-order valence-corrected chi connectivity index (χ0v) is 7.38. The Morgan fingerprint density at radius 1 is 1.54 bits per heavy atom. The van der Waals surface area contributed by atoms with E-state index in [9.17, 15) is 9.18 Å². The number of hydrogen-bond donors (Lipinski definition) is 1. The van der Waals surface area contributed by atoms with Crippen LogP contribution in [0.4, 0.5) is 4.39 Å². The smallest absolute Gasteiger partial charge is 0.303 e. The molecule has 1 aromatic carbocycles. The van der Waals surface area contributed by atoms with Gasteiger partial charge >= 0.3 is 5.97 Å². The van der Waals surface area contributed by atoms with Crippen molar-refractivity contribution in [2.45, 2.75) is 19.8 Å². The summed E-state index contributed by atoms with van der Waals surface area (Å²) in [6.45, 7) is 1.80. The number of rotatable bonds is 3. The maximum atomic E-state index is 13.1. The van der Waals surface area contributed by atoms with Crippen LogP contribution >= 0.6 is 0 Å². The van der Waals surface area contributed by atoms with Gasteiger partial charge in [0.2, 0.25) is 0 Å². The monoisotopic (exact) mass is 182 g/mol. The summed E-state index contributed by atoms with van der Waals surface area (Å²) < 4.78 is 13.1. The number of aryl methyl sites for hydroxylation is 2. The molecule has 0 fully saturated rings. The van der Waals surface area contributed by atoms with Crippen LogP contribution in [0.2, 0.25) is 0 Å². The largest absolute Gasteiger partial charge is 0.481 e. The molecule has 3 heteroatoms. The number of carboxylic acid groups (broad SMARTS) is 1. The first-order valence-corrected chi connectivity index (χ1v) is 4.06. The van der Waals surface area contributed by atoms with Crippen molar-refractivity contribution in [2.75, 3.05) is 0 Å². The van der Waals surface area contributed by atoms with Gasteiger partial charge in [0.15, 0.2) is 0 Å². The highest BCUT2D eigenvalue weighted by Gasteiger charge is 2.04. The fourth-order valence-electron chi connectivity index (χ4n) is 1.10. The van der Waals surface area contributed by atoms with Gasteiger partial charge in [-0.3, -0.25) is 4.79 Å². The molecule has 0 aromatic heterocycles. The first kappa shape index (κ1) is 9.71. The van der Waals surface area contributed by atoms with Crippen LogP contribution in [0.3, 0.4) is 0 Å². The van der Waals surface area contributed by atoms with Gasteiger partial charge in [-0.25, -0.2) is 4.39 Å². The standard InChI is InChI=1S/C10H11FO2/c1-7-2-3-8(9(11)6-7)4-5-10(12)13/h2-3,6H,4-5H2,1H3,(H,12,13). The summed E-state index contributed by atoms with van der Waals surface area (Å²) >= 11 is 0. The molecule has 0 spiro atoms. The summed E-state index contributed by atoms with van der Waals surface area (Å²) in [7, 11) is 0. The third-order valence-electron chi connectivity index (χ3n) is 1.82. The molecule has 0 unspecified atom stereocenters. The zero-order valence-electron chi connectivity index (χ0n) is 7.38. The molecule has 0 heterocycles. The topological polar surface area (TPSA) is 37.3 Å². The van der Waals surface area contributed by atoms with Crippen LogP contribution in [0.15, 0.2) is 18.2 Å². The van der Waals surface area contributed by atoms with Crippen molar-refractivity contribution < 1.29 is 14.3 Å². The second-order valence-corrected chi connectivity index (χ2v) is 2.99. The number of carboxylic acids is 1. The van der Waals surface area contributed by atoms with Gasteiger partial charge in [0, 0.05) is 6.42 Å². The molecular weight excluding hydrogens is 171 g/mol. The van der Waals surface area contributed by atoms with E-state index in [-0.39, 0.29) is 18.7 Å². The van der Waals surface area contributed by atoms with Gasteiger partial charge in [-0.05, 0) is 30.5 Å². The molecule has 1 N–H and O–H groups in total. The Morgan fingerprint density at radius 3 is 2.77 bits per heavy atom. The molecule has 70 valence electrons. The van der Waals surface area contributed by atoms with Crippen LogP contribution in [0.5, 0.6) is 0 Å². The average Bonchev–Trinajstić information content (AvgIpc) is 2.02. The lowest BCUT2D eigenvalue weighted by Gasteiger charge is -2.01. The van der Waals surface area contributed by atoms with Gasteiger partial charge < -0.3 is 5.11 Å².